The number of aryl methyl sites for hydroxylation is 2. The molecule has 3 atom stereocenters. The van der Waals surface area contributed by atoms with E-state index >= 15 is 0 Å². The highest BCUT2D eigenvalue weighted by Crippen LogP contribution is 2.26. The van der Waals surface area contributed by atoms with Crippen molar-refractivity contribution in [2.75, 3.05) is 7.11 Å². The molecule has 3 N–H and O–H groups in total. The number of carbonyl (C=O) groups excluding carboxylic acids is 2. The van der Waals surface area contributed by atoms with E-state index in [1.165, 1.54) is 16.7 Å². The normalized spacial score (nSPS) is 20.8. The van der Waals surface area contributed by atoms with Crippen molar-refractivity contribution >= 4 is 11.8 Å². The van der Waals surface area contributed by atoms with Crippen molar-refractivity contribution in [2.45, 2.75) is 83.6 Å². The van der Waals surface area contributed by atoms with Gasteiger partial charge < -0.3 is 25.3 Å². The molecule has 8 nitrogen and oxygen atoms in total. The third-order valence-electron chi connectivity index (χ3n) is 8.25. The van der Waals surface area contributed by atoms with E-state index in [9.17, 15) is 9.59 Å². The number of hydrogen-bond acceptors (Lipinski definition) is 5. The second-order valence-corrected chi connectivity index (χ2v) is 11.0. The van der Waals surface area contributed by atoms with Gasteiger partial charge in [0, 0.05) is 25.0 Å². The lowest BCUT2D eigenvalue weighted by molar-refractivity contribution is -0.142. The highest BCUT2D eigenvalue weighted by molar-refractivity contribution is 5.89. The summed E-state index contributed by atoms with van der Waals surface area (Å²) in [6.07, 6.45) is 6.35. The minimum atomic E-state index is -0.624. The molecule has 5 rings (SSSR count). The van der Waals surface area contributed by atoms with E-state index in [0.717, 1.165) is 48.4 Å². The molecule has 1 aliphatic heterocycles. The third kappa shape index (κ3) is 6.01. The lowest BCUT2D eigenvalue weighted by atomic mass is 9.90. The Labute approximate surface area is 230 Å². The van der Waals surface area contributed by atoms with Crippen molar-refractivity contribution in [2.24, 2.45) is 5.73 Å². The summed E-state index contributed by atoms with van der Waals surface area (Å²) < 4.78 is 7.38. The Morgan fingerprint density at radius 3 is 2.62 bits per heavy atom. The number of nitrogens with zero attached hydrogens (tertiary/aromatic N) is 3. The molecule has 1 aromatic heterocycles. The molecular formula is C31H39N5O3. The maximum absolute atomic E-state index is 13.8. The van der Waals surface area contributed by atoms with Crippen LogP contribution in [0.5, 0.6) is 5.75 Å². The van der Waals surface area contributed by atoms with Crippen molar-refractivity contribution in [3.8, 4) is 5.75 Å². The first-order chi connectivity index (χ1) is 18.8. The molecule has 1 aliphatic carbocycles. The van der Waals surface area contributed by atoms with Gasteiger partial charge in [-0.2, -0.15) is 0 Å². The van der Waals surface area contributed by atoms with Gasteiger partial charge >= 0.3 is 0 Å². The molecule has 0 spiro atoms. The number of aromatic nitrogens is 2. The quantitative estimate of drug-likeness (QED) is 0.488. The lowest BCUT2D eigenvalue weighted by Gasteiger charge is -2.37. The maximum atomic E-state index is 13.8. The van der Waals surface area contributed by atoms with Crippen LogP contribution in [0.25, 0.3) is 0 Å². The summed E-state index contributed by atoms with van der Waals surface area (Å²) in [7, 11) is 1.62. The van der Waals surface area contributed by atoms with Crippen LogP contribution in [0, 0.1) is 13.8 Å². The van der Waals surface area contributed by atoms with Gasteiger partial charge in [0.1, 0.15) is 11.8 Å². The molecule has 2 aromatic carbocycles. The summed E-state index contributed by atoms with van der Waals surface area (Å²) in [6.45, 7) is 5.21. The van der Waals surface area contributed by atoms with E-state index in [-0.39, 0.29) is 30.3 Å². The van der Waals surface area contributed by atoms with E-state index in [0.29, 0.717) is 19.5 Å². The van der Waals surface area contributed by atoms with Gasteiger partial charge in [0.05, 0.1) is 37.8 Å². The molecule has 3 unspecified atom stereocenters. The van der Waals surface area contributed by atoms with E-state index in [4.69, 9.17) is 15.5 Å². The van der Waals surface area contributed by atoms with Crippen LogP contribution in [0.4, 0.5) is 0 Å². The Bertz CT molecular complexity index is 1330. The molecular weight excluding hydrogens is 490 g/mol. The lowest BCUT2D eigenvalue weighted by Crippen LogP contribution is -2.58. The van der Waals surface area contributed by atoms with Gasteiger partial charge in [0.15, 0.2) is 0 Å². The molecule has 0 radical (unpaired) electrons. The Hall–Kier alpha value is -3.65. The zero-order valence-electron chi connectivity index (χ0n) is 23.2. The van der Waals surface area contributed by atoms with Crippen LogP contribution >= 0.6 is 0 Å². The fourth-order valence-corrected chi connectivity index (χ4v) is 5.79. The van der Waals surface area contributed by atoms with Crippen LogP contribution in [0.15, 0.2) is 48.8 Å². The zero-order valence-corrected chi connectivity index (χ0v) is 23.2. The number of amides is 2. The van der Waals surface area contributed by atoms with Crippen molar-refractivity contribution in [3.63, 3.8) is 0 Å². The number of fused-ring (bicyclic) bond motifs is 1. The molecule has 2 amide bonds. The first kappa shape index (κ1) is 26.9. The number of nitrogens with one attached hydrogen (secondary N) is 1. The Morgan fingerprint density at radius 1 is 1.10 bits per heavy atom. The van der Waals surface area contributed by atoms with Crippen molar-refractivity contribution in [1.29, 1.82) is 0 Å². The highest BCUT2D eigenvalue weighted by atomic mass is 16.5. The predicted octanol–water partition coefficient (Wildman–Crippen LogP) is 3.44. The topological polar surface area (TPSA) is 102 Å². The van der Waals surface area contributed by atoms with Gasteiger partial charge in [-0.25, -0.2) is 4.98 Å². The SMILES string of the molecule is COc1ccc(CC(=O)N2Cc3c(ncn3Cc3cc(C)ccc3C)CC2C(=O)NC2CCCCC2N)cc1. The molecule has 8 heteroatoms. The van der Waals surface area contributed by atoms with Gasteiger partial charge in [0.25, 0.3) is 0 Å². The molecule has 206 valence electrons. The smallest absolute Gasteiger partial charge is 0.243 e. The van der Waals surface area contributed by atoms with E-state index in [1.807, 2.05) is 30.6 Å². The molecule has 1 saturated carbocycles. The minimum absolute atomic E-state index is 0.0536. The summed E-state index contributed by atoms with van der Waals surface area (Å²) >= 11 is 0. The molecule has 2 heterocycles. The standard InChI is InChI=1S/C31H39N5O3/c1-20-8-9-21(2)23(14-20)17-35-19-33-27-16-28(31(38)34-26-7-5-4-6-25(26)32)36(18-29(27)35)30(37)15-22-10-12-24(39-3)13-11-22/h8-14,19,25-26,28H,4-7,15-18,32H2,1-3H3,(H,34,38). The van der Waals surface area contributed by atoms with Gasteiger partial charge in [-0.05, 0) is 55.5 Å². The van der Waals surface area contributed by atoms with Crippen LogP contribution in [-0.2, 0) is 35.5 Å². The molecule has 2 aliphatic rings. The van der Waals surface area contributed by atoms with Gasteiger partial charge in [0.2, 0.25) is 11.8 Å². The van der Waals surface area contributed by atoms with Gasteiger partial charge in [-0.15, -0.1) is 0 Å². The first-order valence-electron chi connectivity index (χ1n) is 13.9. The van der Waals surface area contributed by atoms with Crippen molar-refractivity contribution in [1.82, 2.24) is 19.8 Å². The molecule has 0 bridgehead atoms. The zero-order chi connectivity index (χ0) is 27.5. The maximum Gasteiger partial charge on any atom is 0.243 e. The molecule has 1 fully saturated rings. The number of rotatable bonds is 7. The summed E-state index contributed by atoms with van der Waals surface area (Å²) in [6, 6.07) is 13.2. The molecule has 3 aromatic rings. The van der Waals surface area contributed by atoms with E-state index in [1.54, 1.807) is 12.0 Å². The Kier molecular flexibility index (Phi) is 8.02. The average molecular weight is 530 g/mol. The van der Waals surface area contributed by atoms with Crippen LogP contribution in [0.2, 0.25) is 0 Å². The van der Waals surface area contributed by atoms with Crippen molar-refractivity contribution < 1.29 is 14.3 Å². The summed E-state index contributed by atoms with van der Waals surface area (Å²) in [5, 5.41) is 3.18. The van der Waals surface area contributed by atoms with Crippen LogP contribution < -0.4 is 15.8 Å². The van der Waals surface area contributed by atoms with Crippen LogP contribution in [0.1, 0.15) is 59.3 Å². The minimum Gasteiger partial charge on any atom is -0.497 e. The number of carbonyl (C=O) groups is 2. The average Bonchev–Trinajstić information content (AvgIpc) is 3.33. The largest absolute Gasteiger partial charge is 0.497 e. The number of imidazole rings is 1. The number of benzene rings is 2. The molecule has 39 heavy (non-hydrogen) atoms. The van der Waals surface area contributed by atoms with E-state index < -0.39 is 6.04 Å². The highest BCUT2D eigenvalue weighted by Gasteiger charge is 2.38. The molecule has 0 saturated heterocycles. The third-order valence-corrected chi connectivity index (χ3v) is 8.25. The monoisotopic (exact) mass is 529 g/mol. The fraction of sp³-hybridized carbons (Fsp3) is 0.452. The number of hydrogen-bond donors (Lipinski definition) is 2. The summed E-state index contributed by atoms with van der Waals surface area (Å²) in [4.78, 5) is 33.8. The first-order valence-corrected chi connectivity index (χ1v) is 13.9. The predicted molar refractivity (Wildman–Crippen MR) is 150 cm³/mol. The Morgan fingerprint density at radius 2 is 1.87 bits per heavy atom. The summed E-state index contributed by atoms with van der Waals surface area (Å²) in [5.41, 5.74) is 12.7. The van der Waals surface area contributed by atoms with Crippen molar-refractivity contribution in [3.05, 3.63) is 82.4 Å². The van der Waals surface area contributed by atoms with Gasteiger partial charge in [-0.1, -0.05) is 48.7 Å². The van der Waals surface area contributed by atoms with Crippen LogP contribution in [0.3, 0.4) is 0 Å². The number of ether oxygens (including phenoxy) is 1. The van der Waals surface area contributed by atoms with Crippen LogP contribution in [-0.4, -0.2) is 51.5 Å². The summed E-state index contributed by atoms with van der Waals surface area (Å²) in [5.74, 6) is 0.513. The van der Waals surface area contributed by atoms with E-state index in [2.05, 4.69) is 41.9 Å². The second-order valence-electron chi connectivity index (χ2n) is 11.0. The van der Waals surface area contributed by atoms with Gasteiger partial charge in [-0.3, -0.25) is 9.59 Å². The number of nitrogens with two attached hydrogens (primary N) is 1. The second kappa shape index (κ2) is 11.6. The number of methoxy groups -OCH3 is 1. The fourth-order valence-electron chi connectivity index (χ4n) is 5.79. The Balaban J connectivity index is 1.41.